The summed E-state index contributed by atoms with van der Waals surface area (Å²) in [4.78, 5) is 11.8. The first-order valence-electron chi connectivity index (χ1n) is 5.62. The number of hydrogen-bond acceptors (Lipinski definition) is 1. The molecule has 0 radical (unpaired) electrons. The largest absolute Gasteiger partial charge is 0.345 e. The van der Waals surface area contributed by atoms with E-state index < -0.39 is 0 Å². The fourth-order valence-corrected chi connectivity index (χ4v) is 3.08. The molecule has 2 nitrogen and oxygen atoms in total. The maximum Gasteiger partial charge on any atom is 0.252 e. The summed E-state index contributed by atoms with van der Waals surface area (Å²) in [7, 11) is 0. The molecule has 2 heteroatoms. The van der Waals surface area contributed by atoms with Crippen molar-refractivity contribution < 1.29 is 4.79 Å². The highest BCUT2D eigenvalue weighted by molar-refractivity contribution is 6.01. The molecule has 1 aromatic carbocycles. The topological polar surface area (TPSA) is 29.1 Å². The van der Waals surface area contributed by atoms with Crippen molar-refractivity contribution in [3.63, 3.8) is 0 Å². The van der Waals surface area contributed by atoms with Crippen LogP contribution in [0.15, 0.2) is 6.07 Å². The van der Waals surface area contributed by atoms with E-state index in [4.69, 9.17) is 0 Å². The molecule has 1 heterocycles. The standard InChI is InChI=1S/C13H15NO/c1-7-6-8(2)11-12-9(7)4-3-5-10(12)14-13(11)15/h6,10H,3-5H2,1-2H3,(H,14,15). The Kier molecular flexibility index (Phi) is 1.70. The van der Waals surface area contributed by atoms with E-state index >= 15 is 0 Å². The highest BCUT2D eigenvalue weighted by Crippen LogP contribution is 2.39. The van der Waals surface area contributed by atoms with Crippen LogP contribution in [0.25, 0.3) is 0 Å². The van der Waals surface area contributed by atoms with Crippen LogP contribution in [0.2, 0.25) is 0 Å². The van der Waals surface area contributed by atoms with E-state index in [0.29, 0.717) is 6.04 Å². The normalized spacial score (nSPS) is 22.5. The average Bonchev–Trinajstić information content (AvgIpc) is 2.51. The Bertz CT molecular complexity index is 462. The zero-order valence-electron chi connectivity index (χ0n) is 9.18. The van der Waals surface area contributed by atoms with Crippen LogP contribution in [-0.2, 0) is 6.42 Å². The van der Waals surface area contributed by atoms with Crippen LogP contribution in [0.5, 0.6) is 0 Å². The molecule has 3 rings (SSSR count). The number of rotatable bonds is 0. The molecule has 1 aromatic rings. The van der Waals surface area contributed by atoms with Crippen LogP contribution in [0.3, 0.4) is 0 Å². The van der Waals surface area contributed by atoms with Gasteiger partial charge in [-0.25, -0.2) is 0 Å². The molecule has 1 aliphatic heterocycles. The first kappa shape index (κ1) is 8.96. The maximum atomic E-state index is 11.8. The van der Waals surface area contributed by atoms with E-state index in [-0.39, 0.29) is 5.91 Å². The number of hydrogen-bond donors (Lipinski definition) is 1. The van der Waals surface area contributed by atoms with Crippen molar-refractivity contribution in [1.29, 1.82) is 0 Å². The van der Waals surface area contributed by atoms with Crippen molar-refractivity contribution in [1.82, 2.24) is 5.32 Å². The van der Waals surface area contributed by atoms with Gasteiger partial charge in [0.2, 0.25) is 0 Å². The monoisotopic (exact) mass is 201 g/mol. The molecule has 78 valence electrons. The van der Waals surface area contributed by atoms with Gasteiger partial charge in [-0.2, -0.15) is 0 Å². The highest BCUT2D eigenvalue weighted by Gasteiger charge is 2.34. The Labute approximate surface area is 89.7 Å². The van der Waals surface area contributed by atoms with Gasteiger partial charge in [0.25, 0.3) is 5.91 Å². The molecule has 1 atom stereocenters. The summed E-state index contributed by atoms with van der Waals surface area (Å²) in [5, 5.41) is 3.09. The predicted molar refractivity (Wildman–Crippen MR) is 59.1 cm³/mol. The predicted octanol–water partition coefficient (Wildman–Crippen LogP) is 2.42. The minimum atomic E-state index is 0.135. The quantitative estimate of drug-likeness (QED) is 0.686. The summed E-state index contributed by atoms with van der Waals surface area (Å²) in [6.07, 6.45) is 3.44. The molecule has 15 heavy (non-hydrogen) atoms. The van der Waals surface area contributed by atoms with Gasteiger partial charge in [-0.15, -0.1) is 0 Å². The number of carbonyl (C=O) groups excluding carboxylic acids is 1. The number of nitrogens with one attached hydrogen (secondary N) is 1. The van der Waals surface area contributed by atoms with E-state index in [2.05, 4.69) is 18.3 Å². The third kappa shape index (κ3) is 1.08. The van der Waals surface area contributed by atoms with Gasteiger partial charge in [-0.05, 0) is 55.4 Å². The smallest absolute Gasteiger partial charge is 0.252 e. The summed E-state index contributed by atoms with van der Waals surface area (Å²) >= 11 is 0. The Morgan fingerprint density at radius 3 is 2.93 bits per heavy atom. The first-order chi connectivity index (χ1) is 7.18. The lowest BCUT2D eigenvalue weighted by Gasteiger charge is -2.23. The minimum absolute atomic E-state index is 0.135. The van der Waals surface area contributed by atoms with Crippen molar-refractivity contribution in [3.05, 3.63) is 33.9 Å². The maximum absolute atomic E-state index is 11.8. The van der Waals surface area contributed by atoms with Crippen LogP contribution in [-0.4, -0.2) is 5.91 Å². The van der Waals surface area contributed by atoms with Crippen molar-refractivity contribution in [2.24, 2.45) is 0 Å². The minimum Gasteiger partial charge on any atom is -0.345 e. The highest BCUT2D eigenvalue weighted by atomic mass is 16.2. The second-order valence-corrected chi connectivity index (χ2v) is 4.70. The van der Waals surface area contributed by atoms with Gasteiger partial charge in [0.05, 0.1) is 6.04 Å². The summed E-state index contributed by atoms with van der Waals surface area (Å²) in [5.41, 5.74) is 6.18. The molecular weight excluding hydrogens is 186 g/mol. The Balaban J connectivity index is 2.35. The van der Waals surface area contributed by atoms with Gasteiger partial charge in [-0.1, -0.05) is 6.07 Å². The molecule has 1 aliphatic carbocycles. The molecule has 0 saturated heterocycles. The summed E-state index contributed by atoms with van der Waals surface area (Å²) in [6, 6.07) is 2.45. The van der Waals surface area contributed by atoms with Gasteiger partial charge >= 0.3 is 0 Å². The summed E-state index contributed by atoms with van der Waals surface area (Å²) < 4.78 is 0. The summed E-state index contributed by atoms with van der Waals surface area (Å²) in [5.74, 6) is 0.135. The second kappa shape index (κ2) is 2.84. The van der Waals surface area contributed by atoms with Gasteiger partial charge in [0.1, 0.15) is 0 Å². The lowest BCUT2D eigenvalue weighted by molar-refractivity contribution is 0.0954. The molecule has 2 aliphatic rings. The lowest BCUT2D eigenvalue weighted by atomic mass is 9.83. The zero-order chi connectivity index (χ0) is 10.6. The SMILES string of the molecule is Cc1cc(C)c2c3c1CCCC3NC2=O. The van der Waals surface area contributed by atoms with Crippen LogP contribution in [0, 0.1) is 13.8 Å². The second-order valence-electron chi connectivity index (χ2n) is 4.70. The Hall–Kier alpha value is -1.31. The summed E-state index contributed by atoms with van der Waals surface area (Å²) in [6.45, 7) is 4.20. The zero-order valence-corrected chi connectivity index (χ0v) is 9.18. The van der Waals surface area contributed by atoms with E-state index in [1.165, 1.54) is 23.1 Å². The molecule has 1 N–H and O–H groups in total. The van der Waals surface area contributed by atoms with Crippen molar-refractivity contribution in [2.75, 3.05) is 0 Å². The van der Waals surface area contributed by atoms with Gasteiger partial charge < -0.3 is 5.32 Å². The molecule has 0 spiro atoms. The third-order valence-corrected chi connectivity index (χ3v) is 3.70. The number of aryl methyl sites for hydroxylation is 2. The molecular formula is C13H15NO. The van der Waals surface area contributed by atoms with Gasteiger partial charge in [0, 0.05) is 5.56 Å². The van der Waals surface area contributed by atoms with Crippen LogP contribution in [0.4, 0.5) is 0 Å². The van der Waals surface area contributed by atoms with Gasteiger partial charge in [0.15, 0.2) is 0 Å². The van der Waals surface area contributed by atoms with Crippen molar-refractivity contribution in [3.8, 4) is 0 Å². The van der Waals surface area contributed by atoms with Crippen LogP contribution in [0.1, 0.15) is 51.5 Å². The molecule has 0 aromatic heterocycles. The van der Waals surface area contributed by atoms with Crippen LogP contribution < -0.4 is 5.32 Å². The molecule has 0 fully saturated rings. The molecule has 0 saturated carbocycles. The van der Waals surface area contributed by atoms with E-state index in [1.807, 2.05) is 6.92 Å². The average molecular weight is 201 g/mol. The number of carbonyl (C=O) groups is 1. The van der Waals surface area contributed by atoms with E-state index in [1.54, 1.807) is 0 Å². The fraction of sp³-hybridized carbons (Fsp3) is 0.462. The van der Waals surface area contributed by atoms with Crippen molar-refractivity contribution in [2.45, 2.75) is 39.2 Å². The Morgan fingerprint density at radius 2 is 2.13 bits per heavy atom. The van der Waals surface area contributed by atoms with E-state index in [0.717, 1.165) is 24.0 Å². The number of benzene rings is 1. The fourth-order valence-electron chi connectivity index (χ4n) is 3.08. The van der Waals surface area contributed by atoms with Gasteiger partial charge in [-0.3, -0.25) is 4.79 Å². The first-order valence-corrected chi connectivity index (χ1v) is 5.62. The number of amides is 1. The van der Waals surface area contributed by atoms with Crippen LogP contribution >= 0.6 is 0 Å². The molecule has 0 bridgehead atoms. The third-order valence-electron chi connectivity index (χ3n) is 3.70. The molecule has 1 unspecified atom stereocenters. The van der Waals surface area contributed by atoms with Crippen molar-refractivity contribution >= 4 is 5.91 Å². The lowest BCUT2D eigenvalue weighted by Crippen LogP contribution is -2.21. The molecule has 1 amide bonds. The Morgan fingerprint density at radius 1 is 1.33 bits per heavy atom. The van der Waals surface area contributed by atoms with E-state index in [9.17, 15) is 4.79 Å².